The smallest absolute Gasteiger partial charge is 0.193 e. The molecular formula is C15H18O4. The molecule has 102 valence electrons. The third-order valence-electron chi connectivity index (χ3n) is 4.68. The molecule has 0 saturated carbocycles. The highest BCUT2D eigenvalue weighted by Gasteiger charge is 2.51. The summed E-state index contributed by atoms with van der Waals surface area (Å²) in [5, 5.41) is 20.3. The molecule has 2 N–H and O–H groups in total. The molecular weight excluding hydrogens is 244 g/mol. The van der Waals surface area contributed by atoms with Gasteiger partial charge in [-0.1, -0.05) is 6.92 Å². The van der Waals surface area contributed by atoms with Crippen molar-refractivity contribution in [3.05, 3.63) is 34.3 Å². The molecule has 1 aromatic heterocycles. The summed E-state index contributed by atoms with van der Waals surface area (Å²) >= 11 is 0. The van der Waals surface area contributed by atoms with E-state index in [1.807, 2.05) is 13.8 Å². The van der Waals surface area contributed by atoms with Crippen LogP contribution in [0.1, 0.15) is 41.9 Å². The largest absolute Gasteiger partial charge is 0.468 e. The SMILES string of the molecule is CC1=C2C(=O)c3c(C)coc3C[C@@]2(C)[C@H](O)C[C@H]1O. The number of carbonyl (C=O) groups excluding carboxylic acids is 1. The van der Waals surface area contributed by atoms with E-state index in [0.717, 1.165) is 5.56 Å². The second-order valence-electron chi connectivity index (χ2n) is 5.97. The van der Waals surface area contributed by atoms with E-state index < -0.39 is 17.6 Å². The van der Waals surface area contributed by atoms with E-state index in [2.05, 4.69) is 0 Å². The molecule has 0 bridgehead atoms. The molecule has 0 fully saturated rings. The molecule has 0 saturated heterocycles. The maximum Gasteiger partial charge on any atom is 0.193 e. The number of furan rings is 1. The van der Waals surface area contributed by atoms with Crippen LogP contribution in [0.25, 0.3) is 0 Å². The van der Waals surface area contributed by atoms with Crippen LogP contribution in [-0.4, -0.2) is 28.2 Å². The number of aliphatic hydroxyl groups is 2. The molecule has 0 unspecified atom stereocenters. The van der Waals surface area contributed by atoms with Gasteiger partial charge in [0.05, 0.1) is 24.0 Å². The Bertz CT molecular complexity index is 595. The maximum absolute atomic E-state index is 12.7. The fraction of sp³-hybridized carbons (Fsp3) is 0.533. The fourth-order valence-electron chi connectivity index (χ4n) is 3.47. The van der Waals surface area contributed by atoms with Gasteiger partial charge in [0, 0.05) is 23.8 Å². The van der Waals surface area contributed by atoms with Gasteiger partial charge in [0.1, 0.15) is 5.76 Å². The van der Waals surface area contributed by atoms with Crippen molar-refractivity contribution in [2.45, 2.75) is 45.8 Å². The van der Waals surface area contributed by atoms with Gasteiger partial charge in [0.2, 0.25) is 0 Å². The van der Waals surface area contributed by atoms with Crippen molar-refractivity contribution in [3.63, 3.8) is 0 Å². The number of rotatable bonds is 0. The van der Waals surface area contributed by atoms with Crippen LogP contribution in [0, 0.1) is 12.3 Å². The van der Waals surface area contributed by atoms with E-state index in [0.29, 0.717) is 28.9 Å². The number of hydrogen-bond acceptors (Lipinski definition) is 4. The van der Waals surface area contributed by atoms with Gasteiger partial charge in [-0.3, -0.25) is 4.79 Å². The predicted molar refractivity (Wildman–Crippen MR) is 68.9 cm³/mol. The van der Waals surface area contributed by atoms with E-state index in [1.165, 1.54) is 0 Å². The molecule has 0 amide bonds. The Kier molecular flexibility index (Phi) is 2.53. The highest BCUT2D eigenvalue weighted by molar-refractivity contribution is 6.13. The summed E-state index contributed by atoms with van der Waals surface area (Å²) < 4.78 is 5.46. The summed E-state index contributed by atoms with van der Waals surface area (Å²) in [4.78, 5) is 12.7. The molecule has 3 atom stereocenters. The Balaban J connectivity index is 2.27. The predicted octanol–water partition coefficient (Wildman–Crippen LogP) is 1.78. The zero-order valence-corrected chi connectivity index (χ0v) is 11.4. The lowest BCUT2D eigenvalue weighted by molar-refractivity contribution is 0.00228. The van der Waals surface area contributed by atoms with Gasteiger partial charge in [-0.2, -0.15) is 0 Å². The van der Waals surface area contributed by atoms with E-state index in [4.69, 9.17) is 4.42 Å². The zero-order chi connectivity index (χ0) is 13.9. The minimum atomic E-state index is -0.740. The molecule has 2 aliphatic rings. The second-order valence-corrected chi connectivity index (χ2v) is 5.97. The van der Waals surface area contributed by atoms with Crippen molar-refractivity contribution in [1.82, 2.24) is 0 Å². The van der Waals surface area contributed by atoms with E-state index in [1.54, 1.807) is 13.2 Å². The summed E-state index contributed by atoms with van der Waals surface area (Å²) in [6.07, 6.45) is 0.887. The molecule has 2 aliphatic carbocycles. The summed E-state index contributed by atoms with van der Waals surface area (Å²) in [5.41, 5.74) is 2.02. The minimum Gasteiger partial charge on any atom is -0.468 e. The standard InChI is InChI=1S/C15H18O4/c1-7-6-19-10-5-15(3)11(17)4-9(16)8(2)13(15)14(18)12(7)10/h6,9,11,16-17H,4-5H2,1-3H3/t9-,11-,15+/m1/s1. The molecule has 0 aliphatic heterocycles. The molecule has 1 aromatic rings. The highest BCUT2D eigenvalue weighted by atomic mass is 16.3. The molecule has 3 rings (SSSR count). The molecule has 4 nitrogen and oxygen atoms in total. The number of carbonyl (C=O) groups is 1. The van der Waals surface area contributed by atoms with Gasteiger partial charge in [-0.15, -0.1) is 0 Å². The summed E-state index contributed by atoms with van der Waals surface area (Å²) in [6.45, 7) is 5.50. The van der Waals surface area contributed by atoms with E-state index in [9.17, 15) is 15.0 Å². The van der Waals surface area contributed by atoms with Crippen molar-refractivity contribution in [2.75, 3.05) is 0 Å². The van der Waals surface area contributed by atoms with Gasteiger partial charge >= 0.3 is 0 Å². The minimum absolute atomic E-state index is 0.106. The first-order valence-electron chi connectivity index (χ1n) is 6.55. The van der Waals surface area contributed by atoms with Crippen LogP contribution in [0.2, 0.25) is 0 Å². The van der Waals surface area contributed by atoms with Crippen molar-refractivity contribution in [1.29, 1.82) is 0 Å². The highest BCUT2D eigenvalue weighted by Crippen LogP contribution is 2.49. The van der Waals surface area contributed by atoms with Gasteiger partial charge in [0.15, 0.2) is 5.78 Å². The van der Waals surface area contributed by atoms with Crippen molar-refractivity contribution in [2.24, 2.45) is 5.41 Å². The first kappa shape index (κ1) is 12.6. The lowest BCUT2D eigenvalue weighted by atomic mass is 9.61. The van der Waals surface area contributed by atoms with Crippen LogP contribution in [0.5, 0.6) is 0 Å². The third kappa shape index (κ3) is 1.50. The summed E-state index contributed by atoms with van der Waals surface area (Å²) in [6, 6.07) is 0. The van der Waals surface area contributed by atoms with Crippen molar-refractivity contribution >= 4 is 5.78 Å². The maximum atomic E-state index is 12.7. The molecule has 0 aromatic carbocycles. The lowest BCUT2D eigenvalue weighted by Crippen LogP contribution is -2.48. The second kappa shape index (κ2) is 3.81. The Morgan fingerprint density at radius 1 is 1.37 bits per heavy atom. The fourth-order valence-corrected chi connectivity index (χ4v) is 3.47. The molecule has 1 heterocycles. The number of aryl methyl sites for hydroxylation is 1. The third-order valence-corrected chi connectivity index (χ3v) is 4.68. The normalized spacial score (nSPS) is 34.3. The Labute approximate surface area is 111 Å². The first-order valence-corrected chi connectivity index (χ1v) is 6.55. The molecule has 0 radical (unpaired) electrons. The summed E-state index contributed by atoms with van der Waals surface area (Å²) in [7, 11) is 0. The van der Waals surface area contributed by atoms with Crippen LogP contribution in [0.4, 0.5) is 0 Å². The number of ketones is 1. The Hall–Kier alpha value is -1.39. The first-order chi connectivity index (χ1) is 8.86. The van der Waals surface area contributed by atoms with Crippen LogP contribution < -0.4 is 0 Å². The van der Waals surface area contributed by atoms with Crippen LogP contribution >= 0.6 is 0 Å². The van der Waals surface area contributed by atoms with Gasteiger partial charge in [-0.25, -0.2) is 0 Å². The van der Waals surface area contributed by atoms with Crippen molar-refractivity contribution < 1.29 is 19.4 Å². The average molecular weight is 262 g/mol. The van der Waals surface area contributed by atoms with Crippen molar-refractivity contribution in [3.8, 4) is 0 Å². The quantitative estimate of drug-likeness (QED) is 0.747. The monoisotopic (exact) mass is 262 g/mol. The Morgan fingerprint density at radius 3 is 2.74 bits per heavy atom. The molecule has 4 heteroatoms. The van der Waals surface area contributed by atoms with Gasteiger partial charge in [-0.05, 0) is 25.0 Å². The van der Waals surface area contributed by atoms with Gasteiger partial charge < -0.3 is 14.6 Å². The van der Waals surface area contributed by atoms with Gasteiger partial charge in [0.25, 0.3) is 0 Å². The van der Waals surface area contributed by atoms with Crippen LogP contribution in [0.15, 0.2) is 21.8 Å². The molecule has 0 spiro atoms. The average Bonchev–Trinajstić information content (AvgIpc) is 2.68. The number of Topliss-reactive ketones (excluding diaryl/α,β-unsaturated/α-hetero) is 1. The lowest BCUT2D eigenvalue weighted by Gasteiger charge is -2.44. The topological polar surface area (TPSA) is 70.7 Å². The molecule has 19 heavy (non-hydrogen) atoms. The van der Waals surface area contributed by atoms with Crippen LogP contribution in [-0.2, 0) is 6.42 Å². The van der Waals surface area contributed by atoms with E-state index >= 15 is 0 Å². The number of aliphatic hydroxyl groups excluding tert-OH is 2. The Morgan fingerprint density at radius 2 is 2.05 bits per heavy atom. The van der Waals surface area contributed by atoms with E-state index in [-0.39, 0.29) is 12.2 Å². The number of hydrogen-bond donors (Lipinski definition) is 2. The van der Waals surface area contributed by atoms with Crippen LogP contribution in [0.3, 0.4) is 0 Å². The number of fused-ring (bicyclic) bond motifs is 2. The summed E-state index contributed by atoms with van der Waals surface area (Å²) in [5.74, 6) is 0.544. The zero-order valence-electron chi connectivity index (χ0n) is 11.4.